The summed E-state index contributed by atoms with van der Waals surface area (Å²) in [5, 5.41) is 4.28. The van der Waals surface area contributed by atoms with Gasteiger partial charge in [0.25, 0.3) is 5.56 Å². The van der Waals surface area contributed by atoms with Crippen LogP contribution in [0.25, 0.3) is 6.08 Å². The zero-order valence-corrected chi connectivity index (χ0v) is 20.3. The number of aryl methyl sites for hydroxylation is 1. The van der Waals surface area contributed by atoms with Crippen LogP contribution in [0.3, 0.4) is 0 Å². The molecule has 8 heteroatoms. The molecule has 33 heavy (non-hydrogen) atoms. The number of hydrogen-bond donors (Lipinski definition) is 0. The number of hydrogen-bond acceptors (Lipinski definition) is 6. The minimum atomic E-state index is -0.597. The lowest BCUT2D eigenvalue weighted by Gasteiger charge is -2.25. The molecule has 172 valence electrons. The summed E-state index contributed by atoms with van der Waals surface area (Å²) in [7, 11) is 0. The molecule has 0 saturated carbocycles. The minimum absolute atomic E-state index is 0.185. The molecule has 1 aliphatic rings. The normalized spacial score (nSPS) is 16.2. The van der Waals surface area contributed by atoms with Crippen LogP contribution in [-0.4, -0.2) is 26.9 Å². The van der Waals surface area contributed by atoms with E-state index in [2.05, 4.69) is 23.9 Å². The van der Waals surface area contributed by atoms with Crippen molar-refractivity contribution in [3.8, 4) is 0 Å². The first-order valence-corrected chi connectivity index (χ1v) is 12.0. The Kier molecular flexibility index (Phi) is 6.47. The molecule has 0 bridgehead atoms. The molecular weight excluding hydrogens is 436 g/mol. The maximum atomic E-state index is 13.6. The van der Waals surface area contributed by atoms with Crippen LogP contribution >= 0.6 is 11.3 Å². The largest absolute Gasteiger partial charge is 0.463 e. The van der Waals surface area contributed by atoms with Crippen molar-refractivity contribution in [3.05, 3.63) is 84.3 Å². The summed E-state index contributed by atoms with van der Waals surface area (Å²) < 4.78 is 9.35. The Balaban J connectivity index is 1.94. The van der Waals surface area contributed by atoms with Crippen LogP contribution in [0.1, 0.15) is 63.4 Å². The van der Waals surface area contributed by atoms with E-state index in [0.29, 0.717) is 33.1 Å². The van der Waals surface area contributed by atoms with Gasteiger partial charge in [-0.3, -0.25) is 14.0 Å². The molecule has 3 aromatic rings. The Morgan fingerprint density at radius 3 is 2.58 bits per heavy atom. The van der Waals surface area contributed by atoms with Crippen molar-refractivity contribution in [1.82, 2.24) is 14.3 Å². The molecule has 0 radical (unpaired) electrons. The third-order valence-electron chi connectivity index (χ3n) is 5.76. The van der Waals surface area contributed by atoms with Gasteiger partial charge in [0.05, 0.1) is 34.1 Å². The van der Waals surface area contributed by atoms with E-state index in [1.54, 1.807) is 24.6 Å². The fourth-order valence-corrected chi connectivity index (χ4v) is 5.07. The third-order valence-corrected chi connectivity index (χ3v) is 6.75. The number of esters is 1. The van der Waals surface area contributed by atoms with Crippen molar-refractivity contribution in [2.75, 3.05) is 6.61 Å². The number of nitrogens with zero attached hydrogens (tertiary/aromatic N) is 4. The van der Waals surface area contributed by atoms with Crippen molar-refractivity contribution in [2.24, 2.45) is 4.99 Å². The van der Waals surface area contributed by atoms with Crippen LogP contribution in [0.2, 0.25) is 0 Å². The molecule has 0 aliphatic carbocycles. The van der Waals surface area contributed by atoms with Crippen molar-refractivity contribution in [2.45, 2.75) is 53.1 Å². The molecule has 1 atom stereocenters. The average molecular weight is 465 g/mol. The number of ether oxygens (including phenoxy) is 1. The van der Waals surface area contributed by atoms with Gasteiger partial charge in [0.2, 0.25) is 0 Å². The van der Waals surface area contributed by atoms with Crippen molar-refractivity contribution in [3.63, 3.8) is 0 Å². The van der Waals surface area contributed by atoms with E-state index in [4.69, 9.17) is 4.74 Å². The maximum absolute atomic E-state index is 13.6. The third kappa shape index (κ3) is 4.23. The Labute approximate surface area is 196 Å². The van der Waals surface area contributed by atoms with Crippen LogP contribution in [0, 0.1) is 0 Å². The highest BCUT2D eigenvalue weighted by molar-refractivity contribution is 7.07. The van der Waals surface area contributed by atoms with Gasteiger partial charge in [0, 0.05) is 12.7 Å². The first kappa shape index (κ1) is 22.9. The number of fused-ring (bicyclic) bond motifs is 1. The zero-order valence-electron chi connectivity index (χ0n) is 19.5. The Bertz CT molecular complexity index is 1390. The number of rotatable bonds is 6. The summed E-state index contributed by atoms with van der Waals surface area (Å²) in [5.74, 6) is -0.0683. The predicted molar refractivity (Wildman–Crippen MR) is 129 cm³/mol. The van der Waals surface area contributed by atoms with E-state index in [0.717, 1.165) is 11.3 Å². The summed E-state index contributed by atoms with van der Waals surface area (Å²) >= 11 is 1.32. The molecule has 0 N–H and O–H groups in total. The molecule has 4 rings (SSSR count). The number of aromatic nitrogens is 3. The molecule has 0 unspecified atom stereocenters. The van der Waals surface area contributed by atoms with Crippen LogP contribution < -0.4 is 14.9 Å². The molecule has 1 aromatic carbocycles. The second kappa shape index (κ2) is 9.31. The van der Waals surface area contributed by atoms with Crippen LogP contribution in [0.4, 0.5) is 0 Å². The average Bonchev–Trinajstić information content (AvgIpc) is 3.37. The zero-order chi connectivity index (χ0) is 23.7. The number of benzene rings is 1. The van der Waals surface area contributed by atoms with Crippen LogP contribution in [0.15, 0.2) is 57.6 Å². The Morgan fingerprint density at radius 2 is 1.94 bits per heavy atom. The number of carbonyl (C=O) groups is 1. The lowest BCUT2D eigenvalue weighted by atomic mass is 9.93. The fraction of sp³-hybridized carbons (Fsp3) is 0.360. The van der Waals surface area contributed by atoms with Gasteiger partial charge < -0.3 is 4.74 Å². The Hall–Kier alpha value is -3.26. The van der Waals surface area contributed by atoms with Gasteiger partial charge >= 0.3 is 5.97 Å². The quantitative estimate of drug-likeness (QED) is 0.525. The summed E-state index contributed by atoms with van der Waals surface area (Å²) in [6.07, 6.45) is 3.55. The van der Waals surface area contributed by atoms with E-state index in [1.807, 2.05) is 48.0 Å². The predicted octanol–water partition coefficient (Wildman–Crippen LogP) is 3.14. The molecule has 0 fully saturated rings. The van der Waals surface area contributed by atoms with Crippen LogP contribution in [-0.2, 0) is 16.1 Å². The van der Waals surface area contributed by atoms with Gasteiger partial charge in [0.15, 0.2) is 4.80 Å². The summed E-state index contributed by atoms with van der Waals surface area (Å²) in [4.78, 5) is 31.8. The minimum Gasteiger partial charge on any atom is -0.463 e. The second-order valence-electron chi connectivity index (χ2n) is 8.20. The highest BCUT2D eigenvalue weighted by atomic mass is 32.1. The molecule has 2 aromatic heterocycles. The van der Waals surface area contributed by atoms with Gasteiger partial charge in [-0.2, -0.15) is 5.10 Å². The van der Waals surface area contributed by atoms with Gasteiger partial charge in [-0.25, -0.2) is 9.79 Å². The lowest BCUT2D eigenvalue weighted by Crippen LogP contribution is -2.40. The molecule has 0 spiro atoms. The fourth-order valence-electron chi connectivity index (χ4n) is 4.03. The van der Waals surface area contributed by atoms with Crippen molar-refractivity contribution < 1.29 is 9.53 Å². The van der Waals surface area contributed by atoms with Gasteiger partial charge in [-0.15, -0.1) is 0 Å². The molecule has 3 heterocycles. The van der Waals surface area contributed by atoms with Crippen molar-refractivity contribution in [1.29, 1.82) is 0 Å². The summed E-state index contributed by atoms with van der Waals surface area (Å²) in [5.41, 5.74) is 3.67. The summed E-state index contributed by atoms with van der Waals surface area (Å²) in [6.45, 7) is 10.8. The summed E-state index contributed by atoms with van der Waals surface area (Å²) in [6, 6.07) is 9.35. The highest BCUT2D eigenvalue weighted by Crippen LogP contribution is 2.31. The monoisotopic (exact) mass is 464 g/mol. The lowest BCUT2D eigenvalue weighted by molar-refractivity contribution is -0.139. The highest BCUT2D eigenvalue weighted by Gasteiger charge is 2.33. The van der Waals surface area contributed by atoms with Gasteiger partial charge in [0.1, 0.15) is 0 Å². The number of carbonyl (C=O) groups excluding carboxylic acids is 1. The van der Waals surface area contributed by atoms with Gasteiger partial charge in [-0.05, 0) is 50.0 Å². The first-order chi connectivity index (χ1) is 15.8. The SMILES string of the molecule is CCOC(=O)C1=C(C)N=c2s/c(=C/c3ccnn3CC)c(=O)n2[C@H]1c1ccc(C(C)C)cc1. The maximum Gasteiger partial charge on any atom is 0.338 e. The molecule has 0 amide bonds. The number of allylic oxidation sites excluding steroid dienone is 1. The van der Waals surface area contributed by atoms with Crippen LogP contribution in [0.5, 0.6) is 0 Å². The number of thiazole rings is 1. The molecule has 1 aliphatic heterocycles. The van der Waals surface area contributed by atoms with E-state index >= 15 is 0 Å². The Morgan fingerprint density at radius 1 is 1.21 bits per heavy atom. The molecular formula is C25H28N4O3S. The van der Waals surface area contributed by atoms with Gasteiger partial charge in [-0.1, -0.05) is 49.4 Å². The van der Waals surface area contributed by atoms with E-state index in [1.165, 1.54) is 16.9 Å². The van der Waals surface area contributed by atoms with Crippen molar-refractivity contribution >= 4 is 23.4 Å². The topological polar surface area (TPSA) is 78.5 Å². The van der Waals surface area contributed by atoms with E-state index < -0.39 is 12.0 Å². The standard InChI is InChI=1S/C25H28N4O3S/c1-6-28-19(12-13-26-28)14-20-23(30)29-22(18-10-8-17(9-11-18)15(3)4)21(24(31)32-7-2)16(5)27-25(29)33-20/h8-15,22H,6-7H2,1-5H3/b20-14+/t22-/m0/s1. The second-order valence-corrected chi connectivity index (χ2v) is 9.20. The first-order valence-electron chi connectivity index (χ1n) is 11.2. The van der Waals surface area contributed by atoms with E-state index in [-0.39, 0.29) is 12.2 Å². The molecule has 7 nitrogen and oxygen atoms in total. The molecule has 0 saturated heterocycles. The smallest absolute Gasteiger partial charge is 0.338 e. The van der Waals surface area contributed by atoms with E-state index in [9.17, 15) is 9.59 Å².